The molecule has 6 nitrogen and oxygen atoms in total. The van der Waals surface area contributed by atoms with E-state index in [4.69, 9.17) is 4.74 Å². The molecule has 0 N–H and O–H groups in total. The van der Waals surface area contributed by atoms with Crippen LogP contribution in [0.3, 0.4) is 0 Å². The number of fused-ring (bicyclic) bond motifs is 5. The molecule has 0 spiro atoms. The van der Waals surface area contributed by atoms with Gasteiger partial charge in [-0.15, -0.1) is 0 Å². The Hall–Kier alpha value is -4.32. The lowest BCUT2D eigenvalue weighted by molar-refractivity contribution is 0.229. The standard InChI is InChI=1S/C28H23N3O3/c1-17-13-15-18(16-14-17)23-22-24(29(2)28(33)30(3)27(22)32)25-26(19-9-5-4-6-10-19)34-21-12-8-7-11-20(21)31(23)25/h4-16,26H,1-3H3/t26-/m1/s1. The Morgan fingerprint density at radius 3 is 2.21 bits per heavy atom. The lowest BCUT2D eigenvalue weighted by atomic mass is 10.0. The van der Waals surface area contributed by atoms with Crippen molar-refractivity contribution in [2.75, 3.05) is 0 Å². The maximum atomic E-state index is 13.6. The molecule has 0 fully saturated rings. The summed E-state index contributed by atoms with van der Waals surface area (Å²) in [4.78, 5) is 26.7. The molecule has 1 aliphatic rings. The minimum absolute atomic E-state index is 0.320. The van der Waals surface area contributed by atoms with Gasteiger partial charge in [0.25, 0.3) is 5.56 Å². The summed E-state index contributed by atoms with van der Waals surface area (Å²) in [5.41, 5.74) is 5.25. The monoisotopic (exact) mass is 449 g/mol. The van der Waals surface area contributed by atoms with Crippen LogP contribution in [0.1, 0.15) is 22.9 Å². The van der Waals surface area contributed by atoms with Gasteiger partial charge in [0.1, 0.15) is 5.75 Å². The molecule has 34 heavy (non-hydrogen) atoms. The first-order valence-corrected chi connectivity index (χ1v) is 11.2. The van der Waals surface area contributed by atoms with Crippen molar-refractivity contribution in [2.45, 2.75) is 13.0 Å². The minimum Gasteiger partial charge on any atom is -0.477 e. The summed E-state index contributed by atoms with van der Waals surface area (Å²) in [6.07, 6.45) is -0.490. The fourth-order valence-electron chi connectivity index (χ4n) is 4.95. The van der Waals surface area contributed by atoms with Crippen LogP contribution in [0.4, 0.5) is 0 Å². The molecule has 0 bridgehead atoms. The zero-order valence-electron chi connectivity index (χ0n) is 19.1. The number of nitrogens with zero attached hydrogens (tertiary/aromatic N) is 3. The maximum absolute atomic E-state index is 13.6. The summed E-state index contributed by atoms with van der Waals surface area (Å²) >= 11 is 0. The predicted molar refractivity (Wildman–Crippen MR) is 133 cm³/mol. The fourth-order valence-corrected chi connectivity index (χ4v) is 4.95. The number of aryl methyl sites for hydroxylation is 2. The fraction of sp³-hybridized carbons (Fsp3) is 0.143. The van der Waals surface area contributed by atoms with Crippen molar-refractivity contribution in [1.82, 2.24) is 13.7 Å². The number of rotatable bonds is 2. The SMILES string of the molecule is Cc1ccc(-c2c3c(=O)n(C)c(=O)n(C)c3c3n2-c2ccccc2O[C@@H]3c2ccccc2)cc1. The average molecular weight is 450 g/mol. The number of benzene rings is 3. The first kappa shape index (κ1) is 20.3. The number of para-hydroxylation sites is 2. The highest BCUT2D eigenvalue weighted by molar-refractivity contribution is 5.98. The second-order valence-electron chi connectivity index (χ2n) is 8.74. The van der Waals surface area contributed by atoms with Crippen LogP contribution in [0.25, 0.3) is 27.8 Å². The molecule has 1 atom stereocenters. The van der Waals surface area contributed by atoms with Gasteiger partial charge in [-0.2, -0.15) is 0 Å². The van der Waals surface area contributed by atoms with Crippen molar-refractivity contribution in [2.24, 2.45) is 14.1 Å². The van der Waals surface area contributed by atoms with Gasteiger partial charge in [-0.1, -0.05) is 72.3 Å². The van der Waals surface area contributed by atoms with Gasteiger partial charge in [0, 0.05) is 14.1 Å². The van der Waals surface area contributed by atoms with Crippen LogP contribution in [-0.4, -0.2) is 13.7 Å². The first-order chi connectivity index (χ1) is 16.5. The third kappa shape index (κ3) is 2.75. The molecule has 0 amide bonds. The molecule has 0 saturated carbocycles. The van der Waals surface area contributed by atoms with Crippen LogP contribution in [0.15, 0.2) is 88.5 Å². The molecule has 2 aromatic heterocycles. The lowest BCUT2D eigenvalue weighted by Crippen LogP contribution is -2.37. The Kier molecular flexibility index (Phi) is 4.39. The number of hydrogen-bond donors (Lipinski definition) is 0. The number of aromatic nitrogens is 3. The molecule has 3 aromatic carbocycles. The van der Waals surface area contributed by atoms with E-state index >= 15 is 0 Å². The summed E-state index contributed by atoms with van der Waals surface area (Å²) in [5.74, 6) is 0.722. The summed E-state index contributed by atoms with van der Waals surface area (Å²) < 4.78 is 11.4. The van der Waals surface area contributed by atoms with Crippen molar-refractivity contribution in [3.8, 4) is 22.7 Å². The van der Waals surface area contributed by atoms with E-state index in [1.165, 1.54) is 11.6 Å². The van der Waals surface area contributed by atoms with E-state index in [9.17, 15) is 9.59 Å². The van der Waals surface area contributed by atoms with E-state index in [-0.39, 0.29) is 11.2 Å². The quantitative estimate of drug-likeness (QED) is 0.399. The van der Waals surface area contributed by atoms with Crippen molar-refractivity contribution < 1.29 is 4.74 Å². The Morgan fingerprint density at radius 1 is 0.794 bits per heavy atom. The molecule has 1 aliphatic heterocycles. The van der Waals surface area contributed by atoms with Gasteiger partial charge in [0.15, 0.2) is 6.10 Å². The summed E-state index contributed by atoms with van der Waals surface area (Å²) in [6.45, 7) is 2.03. The minimum atomic E-state index is -0.490. The van der Waals surface area contributed by atoms with E-state index in [0.717, 1.165) is 39.5 Å². The molecule has 168 valence electrons. The Balaban J connectivity index is 1.87. The van der Waals surface area contributed by atoms with E-state index < -0.39 is 6.10 Å². The Bertz CT molecular complexity index is 1690. The first-order valence-electron chi connectivity index (χ1n) is 11.2. The second-order valence-corrected chi connectivity index (χ2v) is 8.74. The van der Waals surface area contributed by atoms with E-state index in [1.807, 2.05) is 85.8 Å². The number of hydrogen-bond acceptors (Lipinski definition) is 3. The van der Waals surface area contributed by atoms with Gasteiger partial charge in [0.05, 0.1) is 28.0 Å². The normalized spacial score (nSPS) is 14.5. The van der Waals surface area contributed by atoms with Crippen molar-refractivity contribution in [3.63, 3.8) is 0 Å². The number of ether oxygens (including phenoxy) is 1. The molecule has 3 heterocycles. The van der Waals surface area contributed by atoms with E-state index in [0.29, 0.717) is 10.9 Å². The van der Waals surface area contributed by atoms with E-state index in [1.54, 1.807) is 11.6 Å². The molecular formula is C28H23N3O3. The molecule has 6 heteroatoms. The van der Waals surface area contributed by atoms with Gasteiger partial charge in [0.2, 0.25) is 0 Å². The zero-order valence-corrected chi connectivity index (χ0v) is 19.1. The molecule has 0 aliphatic carbocycles. The van der Waals surface area contributed by atoms with Gasteiger partial charge in [-0.3, -0.25) is 13.9 Å². The molecule has 0 unspecified atom stereocenters. The molecule has 6 rings (SSSR count). The van der Waals surface area contributed by atoms with Gasteiger partial charge in [-0.05, 0) is 30.2 Å². The molecular weight excluding hydrogens is 426 g/mol. The largest absolute Gasteiger partial charge is 0.477 e. The predicted octanol–water partition coefficient (Wildman–Crippen LogP) is 4.49. The maximum Gasteiger partial charge on any atom is 0.331 e. The highest BCUT2D eigenvalue weighted by atomic mass is 16.5. The third-order valence-electron chi connectivity index (χ3n) is 6.64. The highest BCUT2D eigenvalue weighted by Gasteiger charge is 2.36. The Labute approximate surface area is 195 Å². The Morgan fingerprint density at radius 2 is 1.47 bits per heavy atom. The van der Waals surface area contributed by atoms with E-state index in [2.05, 4.69) is 4.57 Å². The zero-order chi connectivity index (χ0) is 23.6. The third-order valence-corrected chi connectivity index (χ3v) is 6.64. The molecule has 5 aromatic rings. The smallest absolute Gasteiger partial charge is 0.331 e. The summed E-state index contributed by atoms with van der Waals surface area (Å²) in [5, 5.41) is 0.504. The van der Waals surface area contributed by atoms with Crippen LogP contribution >= 0.6 is 0 Å². The molecule has 0 radical (unpaired) electrons. The van der Waals surface area contributed by atoms with Crippen LogP contribution in [-0.2, 0) is 14.1 Å². The summed E-state index contributed by atoms with van der Waals surface area (Å²) in [7, 11) is 3.24. The van der Waals surface area contributed by atoms with Crippen LogP contribution in [0, 0.1) is 6.92 Å². The van der Waals surface area contributed by atoms with Crippen molar-refractivity contribution >= 4 is 10.9 Å². The van der Waals surface area contributed by atoms with Crippen molar-refractivity contribution in [3.05, 3.63) is 117 Å². The van der Waals surface area contributed by atoms with Gasteiger partial charge in [-0.25, -0.2) is 4.79 Å². The summed E-state index contributed by atoms with van der Waals surface area (Å²) in [6, 6.07) is 25.8. The second kappa shape index (κ2) is 7.35. The van der Waals surface area contributed by atoms with Gasteiger partial charge < -0.3 is 9.30 Å². The highest BCUT2D eigenvalue weighted by Crippen LogP contribution is 2.46. The van der Waals surface area contributed by atoms with Crippen LogP contribution in [0.2, 0.25) is 0 Å². The lowest BCUT2D eigenvalue weighted by Gasteiger charge is -2.30. The molecule has 0 saturated heterocycles. The average Bonchev–Trinajstić information content (AvgIpc) is 3.23. The van der Waals surface area contributed by atoms with Crippen molar-refractivity contribution in [1.29, 1.82) is 0 Å². The van der Waals surface area contributed by atoms with Crippen LogP contribution in [0.5, 0.6) is 5.75 Å². The van der Waals surface area contributed by atoms with Gasteiger partial charge >= 0.3 is 5.69 Å². The van der Waals surface area contributed by atoms with Crippen LogP contribution < -0.4 is 16.0 Å². The topological polar surface area (TPSA) is 58.2 Å².